The molecule has 0 heterocycles. The van der Waals surface area contributed by atoms with Crippen molar-refractivity contribution in [1.82, 2.24) is 0 Å². The van der Waals surface area contributed by atoms with Crippen LogP contribution in [-0.4, -0.2) is 7.11 Å². The Bertz CT molecular complexity index is 323. The van der Waals surface area contributed by atoms with Crippen LogP contribution in [0.5, 0.6) is 5.75 Å². The molecule has 13 heavy (non-hydrogen) atoms. The molecule has 0 saturated heterocycles. The minimum atomic E-state index is -0.223. The highest BCUT2D eigenvalue weighted by Gasteiger charge is 2.12. The van der Waals surface area contributed by atoms with E-state index in [1.807, 2.05) is 0 Å². The molecule has 1 aromatic carbocycles. The molecule has 0 aromatic heterocycles. The van der Waals surface area contributed by atoms with Crippen LogP contribution in [0.3, 0.4) is 0 Å². The van der Waals surface area contributed by atoms with Crippen LogP contribution in [0.4, 0.5) is 4.39 Å². The number of halogens is 1. The lowest BCUT2D eigenvalue weighted by Gasteiger charge is -2.13. The number of methoxy groups -OCH3 is 1. The van der Waals surface area contributed by atoms with Crippen molar-refractivity contribution in [1.29, 1.82) is 0 Å². The molecule has 3 heteroatoms. The Hall–Kier alpha value is -1.09. The van der Waals surface area contributed by atoms with Gasteiger partial charge in [0.25, 0.3) is 0 Å². The van der Waals surface area contributed by atoms with Crippen molar-refractivity contribution in [3.63, 3.8) is 0 Å². The summed E-state index contributed by atoms with van der Waals surface area (Å²) in [6, 6.07) is 1.47. The van der Waals surface area contributed by atoms with E-state index in [1.165, 1.54) is 6.07 Å². The molecule has 0 radical (unpaired) electrons. The fraction of sp³-hybridized carbons (Fsp3) is 0.400. The molecule has 0 amide bonds. The van der Waals surface area contributed by atoms with Gasteiger partial charge in [0.05, 0.1) is 7.11 Å². The Balaban J connectivity index is 3.41. The highest BCUT2D eigenvalue weighted by molar-refractivity contribution is 5.46. The first-order chi connectivity index (χ1) is 6.11. The van der Waals surface area contributed by atoms with Gasteiger partial charge >= 0.3 is 0 Å². The Morgan fingerprint density at radius 1 is 1.46 bits per heavy atom. The smallest absolute Gasteiger partial charge is 0.126 e. The molecule has 1 rings (SSSR count). The number of ether oxygens (including phenoxy) is 1. The number of aryl methyl sites for hydroxylation is 1. The Morgan fingerprint density at radius 2 is 2.08 bits per heavy atom. The molecule has 0 atom stereocenters. The molecule has 0 fully saturated rings. The van der Waals surface area contributed by atoms with E-state index in [1.54, 1.807) is 21.0 Å². The normalized spacial score (nSPS) is 10.2. The van der Waals surface area contributed by atoms with E-state index in [2.05, 4.69) is 0 Å². The maximum Gasteiger partial charge on any atom is 0.126 e. The second-order valence-electron chi connectivity index (χ2n) is 3.02. The predicted octanol–water partition coefficient (Wildman–Crippen LogP) is 1.91. The Labute approximate surface area is 77.5 Å². The number of hydrogen-bond acceptors (Lipinski definition) is 2. The molecule has 0 aliphatic rings. The molecular formula is C10H14FNO. The van der Waals surface area contributed by atoms with Gasteiger partial charge in [-0.05, 0) is 31.0 Å². The van der Waals surface area contributed by atoms with Crippen molar-refractivity contribution >= 4 is 0 Å². The third-order valence-electron chi connectivity index (χ3n) is 2.19. The molecule has 0 aliphatic carbocycles. The predicted molar refractivity (Wildman–Crippen MR) is 50.3 cm³/mol. The summed E-state index contributed by atoms with van der Waals surface area (Å²) in [5, 5.41) is 0. The van der Waals surface area contributed by atoms with Crippen molar-refractivity contribution in [2.75, 3.05) is 7.11 Å². The number of nitrogens with two attached hydrogens (primary N) is 1. The molecular weight excluding hydrogens is 169 g/mol. The highest BCUT2D eigenvalue weighted by atomic mass is 19.1. The third kappa shape index (κ3) is 1.65. The monoisotopic (exact) mass is 183 g/mol. The fourth-order valence-corrected chi connectivity index (χ4v) is 1.45. The van der Waals surface area contributed by atoms with Crippen LogP contribution in [0.1, 0.15) is 16.7 Å². The summed E-state index contributed by atoms with van der Waals surface area (Å²) in [6.07, 6.45) is 0. The van der Waals surface area contributed by atoms with Crippen LogP contribution >= 0.6 is 0 Å². The van der Waals surface area contributed by atoms with Gasteiger partial charge < -0.3 is 10.5 Å². The first-order valence-electron chi connectivity index (χ1n) is 4.14. The average molecular weight is 183 g/mol. The number of benzene rings is 1. The lowest BCUT2D eigenvalue weighted by atomic mass is 10.0. The summed E-state index contributed by atoms with van der Waals surface area (Å²) < 4.78 is 18.4. The van der Waals surface area contributed by atoms with E-state index in [0.29, 0.717) is 17.9 Å². The van der Waals surface area contributed by atoms with E-state index in [-0.39, 0.29) is 5.82 Å². The van der Waals surface area contributed by atoms with Gasteiger partial charge in [-0.2, -0.15) is 0 Å². The standard InChI is InChI=1S/C10H14FNO/c1-6-4-9(11)7(2)8(5-12)10(6)13-3/h4H,5,12H2,1-3H3. The van der Waals surface area contributed by atoms with Crippen molar-refractivity contribution in [2.45, 2.75) is 20.4 Å². The van der Waals surface area contributed by atoms with Crippen LogP contribution < -0.4 is 10.5 Å². The van der Waals surface area contributed by atoms with E-state index in [9.17, 15) is 4.39 Å². The Morgan fingerprint density at radius 3 is 2.54 bits per heavy atom. The largest absolute Gasteiger partial charge is 0.496 e. The van der Waals surface area contributed by atoms with E-state index >= 15 is 0 Å². The summed E-state index contributed by atoms with van der Waals surface area (Å²) >= 11 is 0. The number of rotatable bonds is 2. The highest BCUT2D eigenvalue weighted by Crippen LogP contribution is 2.27. The van der Waals surface area contributed by atoms with Crippen molar-refractivity contribution in [3.8, 4) is 5.75 Å². The Kier molecular flexibility index (Phi) is 2.88. The molecule has 0 bridgehead atoms. The summed E-state index contributed by atoms with van der Waals surface area (Å²) in [6.45, 7) is 3.81. The summed E-state index contributed by atoms with van der Waals surface area (Å²) in [5.74, 6) is 0.472. The minimum Gasteiger partial charge on any atom is -0.496 e. The number of hydrogen-bond donors (Lipinski definition) is 1. The maximum absolute atomic E-state index is 13.2. The maximum atomic E-state index is 13.2. The molecule has 0 spiro atoms. The van der Waals surface area contributed by atoms with E-state index < -0.39 is 0 Å². The van der Waals surface area contributed by atoms with Crippen LogP contribution in [-0.2, 0) is 6.54 Å². The quantitative estimate of drug-likeness (QED) is 0.760. The fourth-order valence-electron chi connectivity index (χ4n) is 1.45. The second-order valence-corrected chi connectivity index (χ2v) is 3.02. The molecule has 2 nitrogen and oxygen atoms in total. The van der Waals surface area contributed by atoms with Crippen molar-refractivity contribution in [2.24, 2.45) is 5.73 Å². The second kappa shape index (κ2) is 3.75. The zero-order chi connectivity index (χ0) is 10.0. The van der Waals surface area contributed by atoms with Crippen molar-refractivity contribution < 1.29 is 9.13 Å². The zero-order valence-electron chi connectivity index (χ0n) is 8.15. The molecule has 72 valence electrons. The molecule has 0 aliphatic heterocycles. The van der Waals surface area contributed by atoms with Gasteiger partial charge in [0.15, 0.2) is 0 Å². The van der Waals surface area contributed by atoms with E-state index in [0.717, 1.165) is 11.1 Å². The van der Waals surface area contributed by atoms with E-state index in [4.69, 9.17) is 10.5 Å². The van der Waals surface area contributed by atoms with Crippen LogP contribution in [0.15, 0.2) is 6.07 Å². The first kappa shape index (κ1) is 9.99. The zero-order valence-corrected chi connectivity index (χ0v) is 8.15. The first-order valence-corrected chi connectivity index (χ1v) is 4.14. The molecule has 1 aromatic rings. The van der Waals surface area contributed by atoms with Crippen LogP contribution in [0.25, 0.3) is 0 Å². The summed E-state index contributed by atoms with van der Waals surface area (Å²) in [4.78, 5) is 0. The topological polar surface area (TPSA) is 35.2 Å². The van der Waals surface area contributed by atoms with Crippen LogP contribution in [0, 0.1) is 19.7 Å². The summed E-state index contributed by atoms with van der Waals surface area (Å²) in [7, 11) is 1.57. The van der Waals surface area contributed by atoms with Gasteiger partial charge in [0.1, 0.15) is 11.6 Å². The minimum absolute atomic E-state index is 0.223. The van der Waals surface area contributed by atoms with Gasteiger partial charge in [-0.25, -0.2) is 4.39 Å². The van der Waals surface area contributed by atoms with Crippen LogP contribution in [0.2, 0.25) is 0 Å². The summed E-state index contributed by atoms with van der Waals surface area (Å²) in [5.41, 5.74) is 7.63. The van der Waals surface area contributed by atoms with Gasteiger partial charge in [0.2, 0.25) is 0 Å². The van der Waals surface area contributed by atoms with Gasteiger partial charge in [0, 0.05) is 12.1 Å². The molecule has 2 N–H and O–H groups in total. The van der Waals surface area contributed by atoms with Crippen molar-refractivity contribution in [3.05, 3.63) is 28.6 Å². The SMILES string of the molecule is COc1c(C)cc(F)c(C)c1CN. The third-order valence-corrected chi connectivity index (χ3v) is 2.19. The molecule has 0 saturated carbocycles. The lowest BCUT2D eigenvalue weighted by molar-refractivity contribution is 0.404. The lowest BCUT2D eigenvalue weighted by Crippen LogP contribution is -2.05. The van der Waals surface area contributed by atoms with Gasteiger partial charge in [-0.3, -0.25) is 0 Å². The van der Waals surface area contributed by atoms with Gasteiger partial charge in [-0.15, -0.1) is 0 Å². The molecule has 0 unspecified atom stereocenters. The average Bonchev–Trinajstić information content (AvgIpc) is 2.10. The van der Waals surface area contributed by atoms with Gasteiger partial charge in [-0.1, -0.05) is 0 Å².